The molecule has 0 radical (unpaired) electrons. The van der Waals surface area contributed by atoms with E-state index in [0.717, 1.165) is 6.26 Å². The summed E-state index contributed by atoms with van der Waals surface area (Å²) in [6, 6.07) is 11.4. The van der Waals surface area contributed by atoms with Crippen LogP contribution in [0.4, 0.5) is 11.5 Å². The van der Waals surface area contributed by atoms with Crippen LogP contribution in [0.2, 0.25) is 0 Å². The molecule has 0 saturated carbocycles. The van der Waals surface area contributed by atoms with Crippen LogP contribution in [0.5, 0.6) is 0 Å². The first kappa shape index (κ1) is 17.6. The minimum atomic E-state index is -3.24. The number of hydrogen-bond donors (Lipinski definition) is 2. The van der Waals surface area contributed by atoms with Crippen molar-refractivity contribution in [3.63, 3.8) is 0 Å². The van der Waals surface area contributed by atoms with Crippen LogP contribution in [-0.2, 0) is 15.6 Å². The first-order valence-corrected chi connectivity index (χ1v) is 9.63. The molecule has 3 N–H and O–H groups in total. The predicted molar refractivity (Wildman–Crippen MR) is 97.1 cm³/mol. The SMILES string of the molecule is CS(=O)(=O)Cc1cc(N)nc(-c2ccc(NC(=O)c3ccco3)cc2)n1. The molecule has 0 aliphatic carbocycles. The highest BCUT2D eigenvalue weighted by atomic mass is 32.2. The molecule has 26 heavy (non-hydrogen) atoms. The number of amides is 1. The van der Waals surface area contributed by atoms with Gasteiger partial charge in [-0.05, 0) is 36.4 Å². The Labute approximate surface area is 150 Å². The lowest BCUT2D eigenvalue weighted by Gasteiger charge is -2.07. The molecule has 1 amide bonds. The van der Waals surface area contributed by atoms with Crippen molar-refractivity contribution in [3.05, 3.63) is 60.2 Å². The first-order valence-electron chi connectivity index (χ1n) is 7.56. The van der Waals surface area contributed by atoms with E-state index in [1.165, 1.54) is 12.3 Å². The summed E-state index contributed by atoms with van der Waals surface area (Å²) in [4.78, 5) is 20.3. The van der Waals surface area contributed by atoms with E-state index in [1.54, 1.807) is 36.4 Å². The summed E-state index contributed by atoms with van der Waals surface area (Å²) in [5, 5.41) is 2.70. The molecular weight excluding hydrogens is 356 g/mol. The van der Waals surface area contributed by atoms with Gasteiger partial charge in [0, 0.05) is 23.6 Å². The monoisotopic (exact) mass is 372 g/mol. The van der Waals surface area contributed by atoms with Crippen molar-refractivity contribution in [2.45, 2.75) is 5.75 Å². The van der Waals surface area contributed by atoms with Crippen molar-refractivity contribution in [2.24, 2.45) is 0 Å². The van der Waals surface area contributed by atoms with Gasteiger partial charge in [0.15, 0.2) is 21.4 Å². The van der Waals surface area contributed by atoms with Crippen LogP contribution in [0.3, 0.4) is 0 Å². The van der Waals surface area contributed by atoms with Gasteiger partial charge < -0.3 is 15.5 Å². The van der Waals surface area contributed by atoms with Gasteiger partial charge in [-0.2, -0.15) is 0 Å². The number of hydrogen-bond acceptors (Lipinski definition) is 7. The number of sulfone groups is 1. The maximum absolute atomic E-state index is 11.9. The zero-order chi connectivity index (χ0) is 18.7. The fourth-order valence-electron chi connectivity index (χ4n) is 2.29. The summed E-state index contributed by atoms with van der Waals surface area (Å²) in [5.41, 5.74) is 7.28. The summed E-state index contributed by atoms with van der Waals surface area (Å²) in [7, 11) is -3.24. The zero-order valence-electron chi connectivity index (χ0n) is 13.8. The normalized spacial score (nSPS) is 11.3. The number of nitrogens with two attached hydrogens (primary N) is 1. The molecule has 0 aliphatic heterocycles. The van der Waals surface area contributed by atoms with Crippen LogP contribution in [0, 0.1) is 0 Å². The molecule has 0 saturated heterocycles. The van der Waals surface area contributed by atoms with Gasteiger partial charge in [0.2, 0.25) is 0 Å². The zero-order valence-corrected chi connectivity index (χ0v) is 14.7. The molecule has 2 aromatic heterocycles. The Morgan fingerprint density at radius 3 is 2.54 bits per heavy atom. The Bertz CT molecular complexity index is 1030. The van der Waals surface area contributed by atoms with Crippen LogP contribution in [-0.4, -0.2) is 30.5 Å². The van der Waals surface area contributed by atoms with Crippen LogP contribution in [0.25, 0.3) is 11.4 Å². The first-order chi connectivity index (χ1) is 12.3. The Hall–Kier alpha value is -3.20. The number of nitrogens with zero attached hydrogens (tertiary/aromatic N) is 2. The lowest BCUT2D eigenvalue weighted by atomic mass is 10.2. The summed E-state index contributed by atoms with van der Waals surface area (Å²) in [6.45, 7) is 0. The number of anilines is 2. The topological polar surface area (TPSA) is 128 Å². The van der Waals surface area contributed by atoms with Gasteiger partial charge in [0.05, 0.1) is 17.7 Å². The minimum Gasteiger partial charge on any atom is -0.459 e. The minimum absolute atomic E-state index is 0.184. The van der Waals surface area contributed by atoms with Crippen molar-refractivity contribution < 1.29 is 17.6 Å². The third-order valence-corrected chi connectivity index (χ3v) is 4.18. The number of carbonyl (C=O) groups is 1. The summed E-state index contributed by atoms with van der Waals surface area (Å²) in [6.07, 6.45) is 2.55. The second-order valence-corrected chi connectivity index (χ2v) is 7.83. The third kappa shape index (κ3) is 4.45. The Kier molecular flexibility index (Phi) is 4.72. The van der Waals surface area contributed by atoms with Gasteiger partial charge in [-0.1, -0.05) is 0 Å². The van der Waals surface area contributed by atoms with Crippen molar-refractivity contribution in [1.82, 2.24) is 9.97 Å². The summed E-state index contributed by atoms with van der Waals surface area (Å²) >= 11 is 0. The molecule has 134 valence electrons. The van der Waals surface area contributed by atoms with E-state index in [-0.39, 0.29) is 23.2 Å². The third-order valence-electron chi connectivity index (χ3n) is 3.36. The molecule has 3 rings (SSSR count). The molecule has 9 heteroatoms. The largest absolute Gasteiger partial charge is 0.459 e. The molecule has 0 atom stereocenters. The molecular formula is C17H16N4O4S. The van der Waals surface area contributed by atoms with Gasteiger partial charge >= 0.3 is 0 Å². The van der Waals surface area contributed by atoms with Crippen LogP contribution < -0.4 is 11.1 Å². The van der Waals surface area contributed by atoms with Gasteiger partial charge in [-0.15, -0.1) is 0 Å². The fourth-order valence-corrected chi connectivity index (χ4v) is 2.98. The number of furan rings is 1. The number of benzene rings is 1. The van der Waals surface area contributed by atoms with Crippen molar-refractivity contribution in [1.29, 1.82) is 0 Å². The van der Waals surface area contributed by atoms with E-state index in [0.29, 0.717) is 22.8 Å². The van der Waals surface area contributed by atoms with E-state index >= 15 is 0 Å². The highest BCUT2D eigenvalue weighted by Gasteiger charge is 2.12. The molecule has 8 nitrogen and oxygen atoms in total. The van der Waals surface area contributed by atoms with Gasteiger partial charge in [0.25, 0.3) is 5.91 Å². The van der Waals surface area contributed by atoms with Gasteiger partial charge in [-0.3, -0.25) is 4.79 Å². The lowest BCUT2D eigenvalue weighted by molar-refractivity contribution is 0.0996. The van der Waals surface area contributed by atoms with Crippen molar-refractivity contribution in [2.75, 3.05) is 17.3 Å². The molecule has 0 bridgehead atoms. The summed E-state index contributed by atoms with van der Waals surface area (Å²) in [5.74, 6) is 0.123. The number of nitrogens with one attached hydrogen (secondary N) is 1. The highest BCUT2D eigenvalue weighted by Crippen LogP contribution is 2.20. The maximum atomic E-state index is 11.9. The second-order valence-electron chi connectivity index (χ2n) is 5.69. The number of aromatic nitrogens is 2. The molecule has 0 unspecified atom stereocenters. The Morgan fingerprint density at radius 2 is 1.92 bits per heavy atom. The molecule has 0 aliphatic rings. The van der Waals surface area contributed by atoms with Crippen molar-refractivity contribution >= 4 is 27.2 Å². The molecule has 0 spiro atoms. The lowest BCUT2D eigenvalue weighted by Crippen LogP contribution is -2.10. The standard InChI is InChI=1S/C17H16N4O4S/c1-26(23,24)10-13-9-15(18)21-16(19-13)11-4-6-12(7-5-11)20-17(22)14-3-2-8-25-14/h2-9H,10H2,1H3,(H,20,22)(H2,18,19,21). The smallest absolute Gasteiger partial charge is 0.291 e. The number of nitrogen functional groups attached to an aromatic ring is 1. The maximum Gasteiger partial charge on any atom is 0.291 e. The van der Waals surface area contributed by atoms with Crippen LogP contribution in [0.15, 0.2) is 53.1 Å². The van der Waals surface area contributed by atoms with Crippen LogP contribution in [0.1, 0.15) is 16.2 Å². The van der Waals surface area contributed by atoms with E-state index in [1.807, 2.05) is 0 Å². The number of carbonyl (C=O) groups excluding carboxylic acids is 1. The summed E-state index contributed by atoms with van der Waals surface area (Å²) < 4.78 is 27.9. The average Bonchev–Trinajstić information content (AvgIpc) is 3.08. The molecule has 2 heterocycles. The van der Waals surface area contributed by atoms with Gasteiger partial charge in [0.1, 0.15) is 5.82 Å². The van der Waals surface area contributed by atoms with E-state index in [4.69, 9.17) is 10.2 Å². The van der Waals surface area contributed by atoms with E-state index in [2.05, 4.69) is 15.3 Å². The second kappa shape index (κ2) is 6.96. The fraction of sp³-hybridized carbons (Fsp3) is 0.118. The molecule has 1 aromatic carbocycles. The molecule has 3 aromatic rings. The van der Waals surface area contributed by atoms with Gasteiger partial charge in [-0.25, -0.2) is 18.4 Å². The molecule has 0 fully saturated rings. The Balaban J connectivity index is 1.81. The van der Waals surface area contributed by atoms with E-state index in [9.17, 15) is 13.2 Å². The average molecular weight is 372 g/mol. The highest BCUT2D eigenvalue weighted by molar-refractivity contribution is 7.89. The van der Waals surface area contributed by atoms with Crippen LogP contribution >= 0.6 is 0 Å². The number of rotatable bonds is 5. The van der Waals surface area contributed by atoms with Crippen molar-refractivity contribution in [3.8, 4) is 11.4 Å². The quantitative estimate of drug-likeness (QED) is 0.702. The predicted octanol–water partition coefficient (Wildman–Crippen LogP) is 2.12. The Morgan fingerprint density at radius 1 is 1.19 bits per heavy atom. The van der Waals surface area contributed by atoms with E-state index < -0.39 is 9.84 Å².